The van der Waals surface area contributed by atoms with E-state index in [9.17, 15) is 9.59 Å². The molecule has 1 unspecified atom stereocenters. The number of hydrogen-bond donors (Lipinski definition) is 1. The minimum absolute atomic E-state index is 0.0527. The molecule has 0 aromatic rings. The lowest BCUT2D eigenvalue weighted by atomic mass is 9.87. The van der Waals surface area contributed by atoms with Gasteiger partial charge in [-0.3, -0.25) is 9.59 Å². The molecule has 5 nitrogen and oxygen atoms in total. The molecule has 0 spiro atoms. The van der Waals surface area contributed by atoms with E-state index in [0.29, 0.717) is 13.0 Å². The summed E-state index contributed by atoms with van der Waals surface area (Å²) in [5.74, 6) is -0.519. The summed E-state index contributed by atoms with van der Waals surface area (Å²) in [6, 6.07) is 0. The third-order valence-electron chi connectivity index (χ3n) is 4.38. The van der Waals surface area contributed by atoms with E-state index < -0.39 is 11.4 Å². The van der Waals surface area contributed by atoms with Gasteiger partial charge in [0, 0.05) is 19.2 Å². The number of primary amides is 1. The quantitative estimate of drug-likeness (QED) is 0.771. The number of nitrogens with zero attached hydrogens (tertiary/aromatic N) is 1. The Hall–Kier alpha value is -1.36. The highest BCUT2D eigenvalue weighted by Crippen LogP contribution is 2.34. The van der Waals surface area contributed by atoms with Crippen LogP contribution in [0.25, 0.3) is 0 Å². The van der Waals surface area contributed by atoms with Gasteiger partial charge in [0.05, 0.1) is 6.61 Å². The van der Waals surface area contributed by atoms with Gasteiger partial charge in [-0.2, -0.15) is 0 Å². The van der Waals surface area contributed by atoms with Gasteiger partial charge >= 0.3 is 0 Å². The molecule has 0 aromatic carbocycles. The van der Waals surface area contributed by atoms with Crippen molar-refractivity contribution in [3.05, 3.63) is 11.1 Å². The Balaban J connectivity index is 2.26. The van der Waals surface area contributed by atoms with Crippen molar-refractivity contribution in [3.8, 4) is 0 Å². The molecule has 2 N–H and O–H groups in total. The lowest BCUT2D eigenvalue weighted by Crippen LogP contribution is -2.59. The number of carbonyl (C=O) groups is 2. The standard InChI is InChI=1S/C14H22N2O3/c1-10(11-5-3-6-11)12(17)16-8-4-7-14(16,9-19-2)13(15)18/h3-9H2,1-2H3,(H2,15,18). The predicted octanol–water partition coefficient (Wildman–Crippen LogP) is 0.980. The van der Waals surface area contributed by atoms with Gasteiger partial charge in [-0.05, 0) is 39.0 Å². The van der Waals surface area contributed by atoms with Gasteiger partial charge in [-0.1, -0.05) is 5.57 Å². The van der Waals surface area contributed by atoms with Crippen molar-refractivity contribution in [1.82, 2.24) is 4.90 Å². The zero-order valence-corrected chi connectivity index (χ0v) is 11.7. The highest BCUT2D eigenvalue weighted by molar-refractivity contribution is 5.99. The Morgan fingerprint density at radius 2 is 2.05 bits per heavy atom. The zero-order valence-electron chi connectivity index (χ0n) is 11.7. The molecule has 1 aliphatic carbocycles. The van der Waals surface area contributed by atoms with Crippen LogP contribution in [0.4, 0.5) is 0 Å². The van der Waals surface area contributed by atoms with Crippen molar-refractivity contribution in [1.29, 1.82) is 0 Å². The number of hydrogen-bond acceptors (Lipinski definition) is 3. The van der Waals surface area contributed by atoms with Crippen LogP contribution in [-0.4, -0.2) is 42.5 Å². The number of ether oxygens (including phenoxy) is 1. The second-order valence-electron chi connectivity index (χ2n) is 5.47. The molecular weight excluding hydrogens is 244 g/mol. The van der Waals surface area contributed by atoms with Crippen LogP contribution in [0.15, 0.2) is 11.1 Å². The van der Waals surface area contributed by atoms with Crippen molar-refractivity contribution >= 4 is 11.8 Å². The minimum atomic E-state index is -0.961. The topological polar surface area (TPSA) is 72.6 Å². The van der Waals surface area contributed by atoms with Gasteiger partial charge in [0.2, 0.25) is 11.8 Å². The molecule has 0 aromatic heterocycles. The Morgan fingerprint density at radius 1 is 1.37 bits per heavy atom. The summed E-state index contributed by atoms with van der Waals surface area (Å²) in [4.78, 5) is 26.0. The fourth-order valence-corrected chi connectivity index (χ4v) is 2.97. The van der Waals surface area contributed by atoms with Crippen LogP contribution in [0.5, 0.6) is 0 Å². The predicted molar refractivity (Wildman–Crippen MR) is 71.3 cm³/mol. The maximum atomic E-state index is 12.6. The molecule has 19 heavy (non-hydrogen) atoms. The van der Waals surface area contributed by atoms with Crippen LogP contribution in [0.3, 0.4) is 0 Å². The summed E-state index contributed by atoms with van der Waals surface area (Å²) in [5, 5.41) is 0. The van der Waals surface area contributed by atoms with Gasteiger partial charge in [0.15, 0.2) is 0 Å². The molecular formula is C14H22N2O3. The molecule has 1 heterocycles. The van der Waals surface area contributed by atoms with Crippen LogP contribution < -0.4 is 5.73 Å². The molecule has 1 saturated heterocycles. The largest absolute Gasteiger partial charge is 0.382 e. The monoisotopic (exact) mass is 266 g/mol. The van der Waals surface area contributed by atoms with E-state index in [1.165, 1.54) is 12.7 Å². The van der Waals surface area contributed by atoms with Crippen LogP contribution in [0, 0.1) is 0 Å². The minimum Gasteiger partial charge on any atom is -0.382 e. The number of allylic oxidation sites excluding steroid dienone is 1. The van der Waals surface area contributed by atoms with Crippen LogP contribution >= 0.6 is 0 Å². The van der Waals surface area contributed by atoms with Gasteiger partial charge in [-0.15, -0.1) is 0 Å². The van der Waals surface area contributed by atoms with Gasteiger partial charge in [-0.25, -0.2) is 0 Å². The van der Waals surface area contributed by atoms with E-state index in [1.54, 1.807) is 4.90 Å². The average Bonchev–Trinajstić information content (AvgIpc) is 2.71. The first-order chi connectivity index (χ1) is 9.03. The number of nitrogens with two attached hydrogens (primary N) is 1. The summed E-state index contributed by atoms with van der Waals surface area (Å²) in [6.07, 6.45) is 4.53. The molecule has 106 valence electrons. The van der Waals surface area contributed by atoms with Crippen molar-refractivity contribution in [2.24, 2.45) is 5.73 Å². The number of likely N-dealkylation sites (tertiary alicyclic amines) is 1. The second kappa shape index (κ2) is 5.33. The molecule has 0 radical (unpaired) electrons. The van der Waals surface area contributed by atoms with E-state index in [4.69, 9.17) is 10.5 Å². The lowest BCUT2D eigenvalue weighted by Gasteiger charge is -2.36. The molecule has 2 rings (SSSR count). The van der Waals surface area contributed by atoms with E-state index >= 15 is 0 Å². The van der Waals surface area contributed by atoms with E-state index in [1.807, 2.05) is 6.92 Å². The summed E-state index contributed by atoms with van der Waals surface area (Å²) in [5.41, 5.74) is 6.58. The molecule has 5 heteroatoms. The Labute approximate surface area is 113 Å². The number of methoxy groups -OCH3 is 1. The number of rotatable bonds is 4. The molecule has 2 amide bonds. The lowest BCUT2D eigenvalue weighted by molar-refractivity contribution is -0.144. The van der Waals surface area contributed by atoms with Crippen LogP contribution in [0.2, 0.25) is 0 Å². The molecule has 1 atom stereocenters. The third kappa shape index (κ3) is 2.27. The highest BCUT2D eigenvalue weighted by Gasteiger charge is 2.49. The molecule has 2 fully saturated rings. The van der Waals surface area contributed by atoms with Crippen molar-refractivity contribution < 1.29 is 14.3 Å². The fourth-order valence-electron chi connectivity index (χ4n) is 2.97. The fraction of sp³-hybridized carbons (Fsp3) is 0.714. The molecule has 0 bridgehead atoms. The van der Waals surface area contributed by atoms with Gasteiger partial charge in [0.1, 0.15) is 5.54 Å². The zero-order chi connectivity index (χ0) is 14.0. The first-order valence-corrected chi connectivity index (χ1v) is 6.82. The summed E-state index contributed by atoms with van der Waals surface area (Å²) >= 11 is 0. The summed E-state index contributed by atoms with van der Waals surface area (Å²) < 4.78 is 5.14. The van der Waals surface area contributed by atoms with Crippen LogP contribution in [0.1, 0.15) is 39.0 Å². The third-order valence-corrected chi connectivity index (χ3v) is 4.38. The van der Waals surface area contributed by atoms with Crippen molar-refractivity contribution in [2.45, 2.75) is 44.6 Å². The first-order valence-electron chi connectivity index (χ1n) is 6.82. The van der Waals surface area contributed by atoms with E-state index in [-0.39, 0.29) is 12.5 Å². The smallest absolute Gasteiger partial charge is 0.250 e. The van der Waals surface area contributed by atoms with E-state index in [2.05, 4.69) is 0 Å². The molecule has 1 aliphatic heterocycles. The summed E-state index contributed by atoms with van der Waals surface area (Å²) in [7, 11) is 1.53. The van der Waals surface area contributed by atoms with Gasteiger partial charge < -0.3 is 15.4 Å². The van der Waals surface area contributed by atoms with Crippen molar-refractivity contribution in [2.75, 3.05) is 20.3 Å². The Morgan fingerprint density at radius 3 is 2.53 bits per heavy atom. The SMILES string of the molecule is COCC1(C(N)=O)CCCN1C(=O)C(C)=C1CCC1. The highest BCUT2D eigenvalue weighted by atomic mass is 16.5. The Kier molecular flexibility index (Phi) is 3.94. The maximum Gasteiger partial charge on any atom is 0.250 e. The Bertz CT molecular complexity index is 424. The number of carbonyl (C=O) groups excluding carboxylic acids is 2. The first kappa shape index (κ1) is 14.1. The normalized spacial score (nSPS) is 26.2. The molecule has 2 aliphatic rings. The van der Waals surface area contributed by atoms with E-state index in [0.717, 1.165) is 31.3 Å². The second-order valence-corrected chi connectivity index (χ2v) is 5.47. The maximum absolute atomic E-state index is 12.6. The summed E-state index contributed by atoms with van der Waals surface area (Å²) in [6.45, 7) is 2.61. The van der Waals surface area contributed by atoms with Crippen LogP contribution in [-0.2, 0) is 14.3 Å². The van der Waals surface area contributed by atoms with Crippen molar-refractivity contribution in [3.63, 3.8) is 0 Å². The number of amides is 2. The average molecular weight is 266 g/mol. The molecule has 1 saturated carbocycles. The van der Waals surface area contributed by atoms with Gasteiger partial charge in [0.25, 0.3) is 0 Å².